The summed E-state index contributed by atoms with van der Waals surface area (Å²) in [5.41, 5.74) is 0. The number of aliphatic carboxylic acids is 1. The third kappa shape index (κ3) is 5.19. The van der Waals surface area contributed by atoms with Gasteiger partial charge in [0, 0.05) is 25.6 Å². The number of carbonyl (C=O) groups is 2. The normalized spacial score (nSPS) is 14.2. The Morgan fingerprint density at radius 2 is 1.68 bits per heavy atom. The summed E-state index contributed by atoms with van der Waals surface area (Å²) in [7, 11) is 1.60. The molecule has 0 aliphatic rings. The molecule has 5 nitrogen and oxygen atoms in total. The second-order valence-electron chi connectivity index (χ2n) is 4.91. The maximum atomic E-state index is 12.5. The summed E-state index contributed by atoms with van der Waals surface area (Å²) in [6, 6.07) is 0.145. The number of hydrogen-bond donors (Lipinski definition) is 1. The largest absolute Gasteiger partial charge is 0.481 e. The van der Waals surface area contributed by atoms with Crippen molar-refractivity contribution in [2.24, 2.45) is 11.8 Å². The van der Waals surface area contributed by atoms with Gasteiger partial charge in [0.05, 0.1) is 12.5 Å². The third-order valence-electron chi connectivity index (χ3n) is 3.73. The van der Waals surface area contributed by atoms with Crippen molar-refractivity contribution >= 4 is 11.9 Å². The van der Waals surface area contributed by atoms with E-state index in [0.717, 1.165) is 12.8 Å². The molecule has 1 N–H and O–H groups in total. The zero-order valence-electron chi connectivity index (χ0n) is 12.7. The number of hydrogen-bond acceptors (Lipinski definition) is 3. The number of carboxylic acids is 1. The van der Waals surface area contributed by atoms with Crippen LogP contribution in [0.5, 0.6) is 0 Å². The van der Waals surface area contributed by atoms with E-state index in [1.165, 1.54) is 0 Å². The molecule has 0 aromatic carbocycles. The first-order chi connectivity index (χ1) is 8.90. The van der Waals surface area contributed by atoms with Crippen LogP contribution in [0.3, 0.4) is 0 Å². The topological polar surface area (TPSA) is 66.8 Å². The predicted octanol–water partition coefficient (Wildman–Crippen LogP) is 2.01. The highest BCUT2D eigenvalue weighted by Crippen LogP contribution is 2.18. The van der Waals surface area contributed by atoms with E-state index in [1.54, 1.807) is 25.9 Å². The first kappa shape index (κ1) is 17.9. The molecular formula is C14H27NO4. The Hall–Kier alpha value is -1.10. The number of methoxy groups -OCH3 is 1. The van der Waals surface area contributed by atoms with Crippen LogP contribution in [0.15, 0.2) is 0 Å². The van der Waals surface area contributed by atoms with Gasteiger partial charge in [-0.05, 0) is 12.8 Å². The van der Waals surface area contributed by atoms with E-state index in [2.05, 4.69) is 0 Å². The van der Waals surface area contributed by atoms with Crippen molar-refractivity contribution in [2.75, 3.05) is 20.3 Å². The number of amides is 1. The van der Waals surface area contributed by atoms with E-state index in [-0.39, 0.29) is 11.9 Å². The third-order valence-corrected chi connectivity index (χ3v) is 3.73. The highest BCUT2D eigenvalue weighted by Gasteiger charge is 2.31. The summed E-state index contributed by atoms with van der Waals surface area (Å²) < 4.78 is 5.04. The molecule has 0 radical (unpaired) electrons. The number of carbonyl (C=O) groups excluding carboxylic acids is 1. The number of carboxylic acid groups (broad SMARTS) is 1. The first-order valence-electron chi connectivity index (χ1n) is 6.92. The average Bonchev–Trinajstić information content (AvgIpc) is 2.40. The zero-order chi connectivity index (χ0) is 15.0. The van der Waals surface area contributed by atoms with E-state index >= 15 is 0 Å². The lowest BCUT2D eigenvalue weighted by Crippen LogP contribution is -2.46. The summed E-state index contributed by atoms with van der Waals surface area (Å²) >= 11 is 0. The molecule has 0 saturated heterocycles. The minimum atomic E-state index is -0.933. The standard InChI is InChI=1S/C14H27NO4/c1-6-12(7-2)15(8-9-19-5)13(16)10(3)11(4)14(17)18/h10-12H,6-9H2,1-5H3,(H,17,18). The van der Waals surface area contributed by atoms with E-state index in [4.69, 9.17) is 9.84 Å². The Balaban J connectivity index is 4.92. The fourth-order valence-corrected chi connectivity index (χ4v) is 2.08. The molecule has 112 valence electrons. The van der Waals surface area contributed by atoms with Gasteiger partial charge >= 0.3 is 5.97 Å². The summed E-state index contributed by atoms with van der Waals surface area (Å²) in [5.74, 6) is -2.22. The Kier molecular flexibility index (Phi) is 8.39. The van der Waals surface area contributed by atoms with Gasteiger partial charge in [-0.25, -0.2) is 0 Å². The van der Waals surface area contributed by atoms with Gasteiger partial charge in [-0.15, -0.1) is 0 Å². The molecule has 0 aromatic heterocycles. The number of nitrogens with zero attached hydrogens (tertiary/aromatic N) is 1. The maximum Gasteiger partial charge on any atom is 0.307 e. The van der Waals surface area contributed by atoms with Crippen molar-refractivity contribution in [3.05, 3.63) is 0 Å². The van der Waals surface area contributed by atoms with E-state index in [9.17, 15) is 9.59 Å². The lowest BCUT2D eigenvalue weighted by atomic mass is 9.93. The Morgan fingerprint density at radius 3 is 2.05 bits per heavy atom. The van der Waals surface area contributed by atoms with Crippen molar-refractivity contribution in [3.63, 3.8) is 0 Å². The summed E-state index contributed by atoms with van der Waals surface area (Å²) in [4.78, 5) is 25.2. The summed E-state index contributed by atoms with van der Waals surface area (Å²) in [5, 5.41) is 9.02. The lowest BCUT2D eigenvalue weighted by molar-refractivity contribution is -0.150. The molecule has 2 unspecified atom stereocenters. The Bertz CT molecular complexity index is 289. The fraction of sp³-hybridized carbons (Fsp3) is 0.857. The van der Waals surface area contributed by atoms with Gasteiger partial charge in [-0.3, -0.25) is 9.59 Å². The van der Waals surface area contributed by atoms with Crippen LogP contribution in [-0.2, 0) is 14.3 Å². The van der Waals surface area contributed by atoms with Crippen LogP contribution in [0.4, 0.5) is 0 Å². The van der Waals surface area contributed by atoms with Crippen LogP contribution in [0.1, 0.15) is 40.5 Å². The smallest absolute Gasteiger partial charge is 0.307 e. The van der Waals surface area contributed by atoms with Gasteiger partial charge in [-0.1, -0.05) is 27.7 Å². The highest BCUT2D eigenvalue weighted by atomic mass is 16.5. The minimum absolute atomic E-state index is 0.0966. The molecule has 1 amide bonds. The van der Waals surface area contributed by atoms with Crippen LogP contribution >= 0.6 is 0 Å². The van der Waals surface area contributed by atoms with Crippen molar-refractivity contribution in [1.29, 1.82) is 0 Å². The molecule has 5 heteroatoms. The van der Waals surface area contributed by atoms with Gasteiger partial charge in [-0.2, -0.15) is 0 Å². The van der Waals surface area contributed by atoms with E-state index < -0.39 is 17.8 Å². The molecule has 0 aliphatic heterocycles. The molecule has 0 aromatic rings. The van der Waals surface area contributed by atoms with Crippen LogP contribution < -0.4 is 0 Å². The first-order valence-corrected chi connectivity index (χ1v) is 6.92. The van der Waals surface area contributed by atoms with Gasteiger partial charge < -0.3 is 14.7 Å². The molecule has 0 heterocycles. The molecule has 0 fully saturated rings. The second-order valence-corrected chi connectivity index (χ2v) is 4.91. The van der Waals surface area contributed by atoms with Crippen LogP contribution in [-0.4, -0.2) is 48.2 Å². The highest BCUT2D eigenvalue weighted by molar-refractivity contribution is 5.84. The zero-order valence-corrected chi connectivity index (χ0v) is 12.7. The molecule has 0 saturated carbocycles. The van der Waals surface area contributed by atoms with Gasteiger partial charge in [0.15, 0.2) is 0 Å². The van der Waals surface area contributed by atoms with Crippen molar-refractivity contribution in [1.82, 2.24) is 4.90 Å². The number of rotatable bonds is 9. The van der Waals surface area contributed by atoms with Crippen LogP contribution in [0.25, 0.3) is 0 Å². The van der Waals surface area contributed by atoms with Gasteiger partial charge in [0.2, 0.25) is 5.91 Å². The lowest BCUT2D eigenvalue weighted by Gasteiger charge is -2.33. The molecule has 19 heavy (non-hydrogen) atoms. The predicted molar refractivity (Wildman–Crippen MR) is 73.9 cm³/mol. The molecule has 0 rings (SSSR count). The van der Waals surface area contributed by atoms with E-state index in [0.29, 0.717) is 13.2 Å². The molecule has 0 bridgehead atoms. The average molecular weight is 273 g/mol. The van der Waals surface area contributed by atoms with Gasteiger partial charge in [0.25, 0.3) is 0 Å². The maximum absolute atomic E-state index is 12.5. The number of ether oxygens (including phenoxy) is 1. The van der Waals surface area contributed by atoms with Crippen LogP contribution in [0.2, 0.25) is 0 Å². The molecular weight excluding hydrogens is 246 g/mol. The monoisotopic (exact) mass is 273 g/mol. The summed E-state index contributed by atoms with van der Waals surface area (Å²) in [6.07, 6.45) is 1.72. The second kappa shape index (κ2) is 8.91. The van der Waals surface area contributed by atoms with Crippen molar-refractivity contribution in [2.45, 2.75) is 46.6 Å². The quantitative estimate of drug-likeness (QED) is 0.698. The van der Waals surface area contributed by atoms with Gasteiger partial charge in [0.1, 0.15) is 0 Å². The molecule has 2 atom stereocenters. The van der Waals surface area contributed by atoms with Crippen molar-refractivity contribution in [3.8, 4) is 0 Å². The Labute approximate surface area is 115 Å². The minimum Gasteiger partial charge on any atom is -0.481 e. The SMILES string of the molecule is CCC(CC)N(CCOC)C(=O)C(C)C(C)C(=O)O. The Morgan fingerprint density at radius 1 is 1.16 bits per heavy atom. The molecule has 0 spiro atoms. The molecule has 0 aliphatic carbocycles. The van der Waals surface area contributed by atoms with E-state index in [1.807, 2.05) is 13.8 Å². The van der Waals surface area contributed by atoms with Crippen molar-refractivity contribution < 1.29 is 19.4 Å². The summed E-state index contributed by atoms with van der Waals surface area (Å²) in [6.45, 7) is 8.31. The van der Waals surface area contributed by atoms with Crippen LogP contribution in [0, 0.1) is 11.8 Å². The fourth-order valence-electron chi connectivity index (χ4n) is 2.08.